The highest BCUT2D eigenvalue weighted by atomic mass is 16.5. The predicted molar refractivity (Wildman–Crippen MR) is 66.3 cm³/mol. The number of carboxylic acids is 1. The van der Waals surface area contributed by atoms with Crippen molar-refractivity contribution in [2.75, 3.05) is 26.9 Å². The molecule has 0 aromatic rings. The lowest BCUT2D eigenvalue weighted by Gasteiger charge is -2.33. The molecular formula is C12H23NO5. The molecule has 0 bridgehead atoms. The van der Waals surface area contributed by atoms with Crippen LogP contribution in [0.3, 0.4) is 0 Å². The first-order valence-electron chi connectivity index (χ1n) is 5.91. The fourth-order valence-electron chi connectivity index (χ4n) is 1.37. The Bertz CT molecular complexity index is 280. The van der Waals surface area contributed by atoms with Crippen LogP contribution in [0.25, 0.3) is 0 Å². The summed E-state index contributed by atoms with van der Waals surface area (Å²) >= 11 is 0. The Hall–Kier alpha value is -1.14. The number of hydrogen-bond donors (Lipinski definition) is 2. The lowest BCUT2D eigenvalue weighted by atomic mass is 9.85. The highest BCUT2D eigenvalue weighted by molar-refractivity contribution is 5.79. The van der Waals surface area contributed by atoms with Gasteiger partial charge in [0.05, 0.1) is 25.2 Å². The highest BCUT2D eigenvalue weighted by Crippen LogP contribution is 2.20. The maximum atomic E-state index is 11.6. The van der Waals surface area contributed by atoms with E-state index in [9.17, 15) is 9.59 Å². The second-order valence-corrected chi connectivity index (χ2v) is 4.74. The van der Waals surface area contributed by atoms with Crippen LogP contribution in [-0.4, -0.2) is 49.5 Å². The first-order chi connectivity index (χ1) is 8.31. The Kier molecular flexibility index (Phi) is 7.54. The van der Waals surface area contributed by atoms with Gasteiger partial charge in [-0.1, -0.05) is 13.8 Å². The van der Waals surface area contributed by atoms with Crippen molar-refractivity contribution in [2.24, 2.45) is 5.92 Å². The molecule has 0 aliphatic heterocycles. The second kappa shape index (κ2) is 8.05. The van der Waals surface area contributed by atoms with Crippen LogP contribution in [-0.2, 0) is 19.1 Å². The number of carbonyl (C=O) groups excluding carboxylic acids is 1. The summed E-state index contributed by atoms with van der Waals surface area (Å²) in [6, 6.07) is 0. The third-order valence-corrected chi connectivity index (χ3v) is 2.88. The van der Waals surface area contributed by atoms with E-state index in [1.165, 1.54) is 0 Å². The molecule has 0 spiro atoms. The minimum Gasteiger partial charge on any atom is -0.481 e. The molecule has 0 fully saturated rings. The van der Waals surface area contributed by atoms with Crippen molar-refractivity contribution >= 4 is 11.9 Å². The number of methoxy groups -OCH3 is 1. The van der Waals surface area contributed by atoms with Crippen molar-refractivity contribution in [1.82, 2.24) is 5.32 Å². The maximum Gasteiger partial charge on any atom is 0.305 e. The summed E-state index contributed by atoms with van der Waals surface area (Å²) < 4.78 is 9.86. The number of amides is 1. The lowest BCUT2D eigenvalue weighted by molar-refractivity contribution is -0.140. The summed E-state index contributed by atoms with van der Waals surface area (Å²) in [7, 11) is 1.55. The van der Waals surface area contributed by atoms with E-state index in [2.05, 4.69) is 5.32 Å². The van der Waals surface area contributed by atoms with Crippen LogP contribution in [0, 0.1) is 5.92 Å². The number of nitrogens with one attached hydrogen (secondary N) is 1. The van der Waals surface area contributed by atoms with E-state index in [-0.39, 0.29) is 24.9 Å². The van der Waals surface area contributed by atoms with Gasteiger partial charge in [-0.15, -0.1) is 0 Å². The summed E-state index contributed by atoms with van der Waals surface area (Å²) in [5.41, 5.74) is -0.770. The van der Waals surface area contributed by atoms with Gasteiger partial charge < -0.3 is 19.9 Å². The molecular weight excluding hydrogens is 238 g/mol. The maximum absolute atomic E-state index is 11.6. The van der Waals surface area contributed by atoms with Crippen LogP contribution in [0.2, 0.25) is 0 Å². The SMILES string of the molecule is COCCOCC(=O)NC(C)(CC(=O)O)C(C)C. The number of ether oxygens (including phenoxy) is 2. The van der Waals surface area contributed by atoms with Gasteiger partial charge in [0.25, 0.3) is 0 Å². The molecule has 106 valence electrons. The van der Waals surface area contributed by atoms with E-state index >= 15 is 0 Å². The zero-order valence-electron chi connectivity index (χ0n) is 11.5. The third-order valence-electron chi connectivity index (χ3n) is 2.88. The van der Waals surface area contributed by atoms with Gasteiger partial charge in [0.15, 0.2) is 0 Å². The molecule has 0 heterocycles. The normalized spacial score (nSPS) is 14.3. The van der Waals surface area contributed by atoms with Gasteiger partial charge in [-0.2, -0.15) is 0 Å². The summed E-state index contributed by atoms with van der Waals surface area (Å²) in [5, 5.41) is 11.6. The zero-order valence-corrected chi connectivity index (χ0v) is 11.5. The Morgan fingerprint density at radius 1 is 1.33 bits per heavy atom. The van der Waals surface area contributed by atoms with Crippen LogP contribution < -0.4 is 5.32 Å². The first kappa shape index (κ1) is 16.9. The van der Waals surface area contributed by atoms with Gasteiger partial charge in [0.2, 0.25) is 5.91 Å². The van der Waals surface area contributed by atoms with Gasteiger partial charge in [0.1, 0.15) is 6.61 Å². The van der Waals surface area contributed by atoms with Crippen LogP contribution >= 0.6 is 0 Å². The molecule has 0 aromatic carbocycles. The van der Waals surface area contributed by atoms with E-state index in [0.29, 0.717) is 13.2 Å². The summed E-state index contributed by atoms with van der Waals surface area (Å²) in [5.74, 6) is -1.24. The smallest absolute Gasteiger partial charge is 0.305 e. The molecule has 1 amide bonds. The molecule has 1 unspecified atom stereocenters. The van der Waals surface area contributed by atoms with Crippen molar-refractivity contribution in [3.8, 4) is 0 Å². The Balaban J connectivity index is 4.24. The lowest BCUT2D eigenvalue weighted by Crippen LogP contribution is -2.52. The molecule has 0 radical (unpaired) electrons. The molecule has 0 rings (SSSR count). The Labute approximate surface area is 108 Å². The van der Waals surface area contributed by atoms with Crippen molar-refractivity contribution in [1.29, 1.82) is 0 Å². The molecule has 18 heavy (non-hydrogen) atoms. The molecule has 6 heteroatoms. The van der Waals surface area contributed by atoms with Crippen molar-refractivity contribution in [3.05, 3.63) is 0 Å². The monoisotopic (exact) mass is 261 g/mol. The largest absolute Gasteiger partial charge is 0.481 e. The summed E-state index contributed by atoms with van der Waals surface area (Å²) in [6.07, 6.45) is -0.117. The average Bonchev–Trinajstić information content (AvgIpc) is 2.23. The van der Waals surface area contributed by atoms with Gasteiger partial charge in [-0.3, -0.25) is 9.59 Å². The van der Waals surface area contributed by atoms with Gasteiger partial charge in [0, 0.05) is 7.11 Å². The number of aliphatic carboxylic acids is 1. The fourth-order valence-corrected chi connectivity index (χ4v) is 1.37. The highest BCUT2D eigenvalue weighted by Gasteiger charge is 2.32. The molecule has 6 nitrogen and oxygen atoms in total. The van der Waals surface area contributed by atoms with Crippen LogP contribution in [0.4, 0.5) is 0 Å². The standard InChI is InChI=1S/C12H23NO5/c1-9(2)12(3,7-11(15)16)13-10(14)8-18-6-5-17-4/h9H,5-8H2,1-4H3,(H,13,14)(H,15,16). The van der Waals surface area contributed by atoms with Crippen LogP contribution in [0.15, 0.2) is 0 Å². The van der Waals surface area contributed by atoms with Gasteiger partial charge in [-0.25, -0.2) is 0 Å². The molecule has 0 aromatic heterocycles. The topological polar surface area (TPSA) is 84.9 Å². The minimum absolute atomic E-state index is 0.0107. The fraction of sp³-hybridized carbons (Fsp3) is 0.833. The Morgan fingerprint density at radius 2 is 1.94 bits per heavy atom. The van der Waals surface area contributed by atoms with Gasteiger partial charge >= 0.3 is 5.97 Å². The van der Waals surface area contributed by atoms with E-state index in [1.807, 2.05) is 13.8 Å². The van der Waals surface area contributed by atoms with E-state index in [4.69, 9.17) is 14.6 Å². The number of carbonyl (C=O) groups is 2. The number of rotatable bonds is 9. The predicted octanol–water partition coefficient (Wildman–Crippen LogP) is 0.655. The quantitative estimate of drug-likeness (QED) is 0.595. The Morgan fingerprint density at radius 3 is 2.39 bits per heavy atom. The van der Waals surface area contributed by atoms with E-state index in [1.54, 1.807) is 14.0 Å². The zero-order chi connectivity index (χ0) is 14.2. The minimum atomic E-state index is -0.938. The van der Waals surface area contributed by atoms with Crippen LogP contribution in [0.1, 0.15) is 27.2 Å². The molecule has 0 aliphatic rings. The number of hydrogen-bond acceptors (Lipinski definition) is 4. The molecule has 0 saturated heterocycles. The number of carboxylic acid groups (broad SMARTS) is 1. The summed E-state index contributed by atoms with van der Waals surface area (Å²) in [4.78, 5) is 22.4. The summed E-state index contributed by atoms with van der Waals surface area (Å²) in [6.45, 7) is 6.12. The first-order valence-corrected chi connectivity index (χ1v) is 5.91. The van der Waals surface area contributed by atoms with E-state index < -0.39 is 11.5 Å². The molecule has 2 N–H and O–H groups in total. The van der Waals surface area contributed by atoms with Crippen molar-refractivity contribution < 1.29 is 24.2 Å². The molecule has 0 saturated carbocycles. The second-order valence-electron chi connectivity index (χ2n) is 4.74. The molecule has 0 aliphatic carbocycles. The van der Waals surface area contributed by atoms with Crippen LogP contribution in [0.5, 0.6) is 0 Å². The molecule has 1 atom stereocenters. The van der Waals surface area contributed by atoms with Gasteiger partial charge in [-0.05, 0) is 12.8 Å². The third kappa shape index (κ3) is 6.56. The van der Waals surface area contributed by atoms with Crippen molar-refractivity contribution in [2.45, 2.75) is 32.7 Å². The average molecular weight is 261 g/mol. The van der Waals surface area contributed by atoms with Crippen molar-refractivity contribution in [3.63, 3.8) is 0 Å². The van der Waals surface area contributed by atoms with E-state index in [0.717, 1.165) is 0 Å².